The molecule has 1 aliphatic rings. The number of rotatable bonds is 3. The summed E-state index contributed by atoms with van der Waals surface area (Å²) in [5.41, 5.74) is 0.287. The van der Waals surface area contributed by atoms with Crippen molar-refractivity contribution in [2.75, 3.05) is 27.3 Å². The molecule has 1 heterocycles. The van der Waals surface area contributed by atoms with Crippen LogP contribution in [-0.4, -0.2) is 49.3 Å². The van der Waals surface area contributed by atoms with E-state index in [0.717, 1.165) is 12.8 Å². The summed E-state index contributed by atoms with van der Waals surface area (Å²) in [6.07, 6.45) is 1.88. The topological polar surface area (TPSA) is 59.0 Å². The maximum Gasteiger partial charge on any atom is 0.257 e. The summed E-state index contributed by atoms with van der Waals surface area (Å²) in [7, 11) is 3.22. The fourth-order valence-corrected chi connectivity index (χ4v) is 2.28. The third kappa shape index (κ3) is 2.98. The van der Waals surface area contributed by atoms with E-state index >= 15 is 0 Å². The Morgan fingerprint density at radius 3 is 2.58 bits per heavy atom. The van der Waals surface area contributed by atoms with Crippen molar-refractivity contribution in [2.45, 2.75) is 18.9 Å². The number of methoxy groups -OCH3 is 2. The highest BCUT2D eigenvalue weighted by molar-refractivity contribution is 5.97. The molecule has 0 radical (unpaired) electrons. The van der Waals surface area contributed by atoms with Gasteiger partial charge in [-0.05, 0) is 31.0 Å². The van der Waals surface area contributed by atoms with Gasteiger partial charge >= 0.3 is 0 Å². The van der Waals surface area contributed by atoms with Crippen molar-refractivity contribution < 1.29 is 19.4 Å². The Hall–Kier alpha value is -1.75. The second kappa shape index (κ2) is 5.93. The van der Waals surface area contributed by atoms with Gasteiger partial charge in [-0.1, -0.05) is 0 Å². The molecule has 0 aliphatic carbocycles. The molecule has 19 heavy (non-hydrogen) atoms. The second-order valence-electron chi connectivity index (χ2n) is 4.61. The Morgan fingerprint density at radius 1 is 1.32 bits per heavy atom. The van der Waals surface area contributed by atoms with Gasteiger partial charge < -0.3 is 19.5 Å². The molecular weight excluding hydrogens is 246 g/mol. The van der Waals surface area contributed by atoms with Gasteiger partial charge in [0.2, 0.25) is 0 Å². The fourth-order valence-electron chi connectivity index (χ4n) is 2.28. The molecule has 1 aliphatic heterocycles. The van der Waals surface area contributed by atoms with E-state index in [2.05, 4.69) is 0 Å². The Bertz CT molecular complexity index is 453. The molecule has 5 heteroatoms. The van der Waals surface area contributed by atoms with Crippen LogP contribution in [-0.2, 0) is 4.74 Å². The molecule has 0 aromatic heterocycles. The van der Waals surface area contributed by atoms with E-state index < -0.39 is 0 Å². The number of ether oxygens (including phenoxy) is 2. The quantitative estimate of drug-likeness (QED) is 0.902. The third-order valence-electron chi connectivity index (χ3n) is 3.50. The maximum atomic E-state index is 12.4. The van der Waals surface area contributed by atoms with E-state index in [1.165, 1.54) is 13.2 Å². The normalized spacial score (nSPS) is 16.4. The Morgan fingerprint density at radius 2 is 2.00 bits per heavy atom. The molecule has 5 nitrogen and oxygen atoms in total. The van der Waals surface area contributed by atoms with Crippen molar-refractivity contribution >= 4 is 5.91 Å². The molecule has 0 bridgehead atoms. The van der Waals surface area contributed by atoms with Crippen LogP contribution in [0.2, 0.25) is 0 Å². The minimum absolute atomic E-state index is 0.0142. The predicted molar refractivity (Wildman–Crippen MR) is 70.6 cm³/mol. The zero-order chi connectivity index (χ0) is 13.8. The molecule has 1 N–H and O–H groups in total. The highest BCUT2D eigenvalue weighted by atomic mass is 16.5. The summed E-state index contributed by atoms with van der Waals surface area (Å²) < 4.78 is 10.4. The van der Waals surface area contributed by atoms with Crippen molar-refractivity contribution in [3.05, 3.63) is 23.8 Å². The van der Waals surface area contributed by atoms with E-state index in [4.69, 9.17) is 9.47 Å². The number of benzene rings is 1. The zero-order valence-electron chi connectivity index (χ0n) is 11.3. The summed E-state index contributed by atoms with van der Waals surface area (Å²) in [4.78, 5) is 14.1. The van der Waals surface area contributed by atoms with E-state index in [0.29, 0.717) is 18.8 Å². The number of carbonyl (C=O) groups excluding carboxylic acids is 1. The van der Waals surface area contributed by atoms with Crippen molar-refractivity contribution in [1.82, 2.24) is 4.90 Å². The summed E-state index contributed by atoms with van der Waals surface area (Å²) >= 11 is 0. The smallest absolute Gasteiger partial charge is 0.257 e. The van der Waals surface area contributed by atoms with Crippen LogP contribution < -0.4 is 4.74 Å². The molecular formula is C14H19NO4. The Labute approximate surface area is 112 Å². The van der Waals surface area contributed by atoms with Crippen LogP contribution in [0, 0.1) is 0 Å². The molecule has 2 rings (SSSR count). The van der Waals surface area contributed by atoms with E-state index in [1.807, 2.05) is 0 Å². The average Bonchev–Trinajstić information content (AvgIpc) is 2.47. The molecule has 0 atom stereocenters. The third-order valence-corrected chi connectivity index (χ3v) is 3.50. The van der Waals surface area contributed by atoms with Gasteiger partial charge in [0, 0.05) is 20.2 Å². The van der Waals surface area contributed by atoms with Crippen LogP contribution >= 0.6 is 0 Å². The van der Waals surface area contributed by atoms with Crippen LogP contribution in [0.3, 0.4) is 0 Å². The molecule has 1 fully saturated rings. The van der Waals surface area contributed by atoms with Gasteiger partial charge in [-0.2, -0.15) is 0 Å². The van der Waals surface area contributed by atoms with Gasteiger partial charge in [0.05, 0.1) is 18.8 Å². The summed E-state index contributed by atoms with van der Waals surface area (Å²) in [6.45, 7) is 1.29. The summed E-state index contributed by atoms with van der Waals surface area (Å²) in [5, 5.41) is 9.80. The van der Waals surface area contributed by atoms with Crippen molar-refractivity contribution in [3.8, 4) is 11.5 Å². The minimum Gasteiger partial charge on any atom is -0.507 e. The SMILES string of the molecule is COc1ccc(O)c(C(=O)N2CCC(OC)CC2)c1. The van der Waals surface area contributed by atoms with Gasteiger partial charge in [0.15, 0.2) is 0 Å². The molecule has 0 saturated carbocycles. The lowest BCUT2D eigenvalue weighted by atomic mass is 10.1. The molecule has 104 valence electrons. The Balaban J connectivity index is 2.11. The van der Waals surface area contributed by atoms with E-state index in [1.54, 1.807) is 24.1 Å². The van der Waals surface area contributed by atoms with Gasteiger partial charge in [-0.15, -0.1) is 0 Å². The van der Waals surface area contributed by atoms with Gasteiger partial charge in [0.1, 0.15) is 11.5 Å². The van der Waals surface area contributed by atoms with Gasteiger partial charge in [-0.3, -0.25) is 4.79 Å². The lowest BCUT2D eigenvalue weighted by molar-refractivity contribution is 0.0349. The minimum atomic E-state index is -0.161. The number of carbonyl (C=O) groups is 1. The molecule has 1 aromatic rings. The predicted octanol–water partition coefficient (Wildman–Crippen LogP) is 1.65. The number of amides is 1. The van der Waals surface area contributed by atoms with Crippen LogP contribution in [0.4, 0.5) is 0 Å². The first-order valence-corrected chi connectivity index (χ1v) is 6.34. The molecule has 0 spiro atoms. The number of likely N-dealkylation sites (tertiary alicyclic amines) is 1. The van der Waals surface area contributed by atoms with Crippen molar-refractivity contribution in [3.63, 3.8) is 0 Å². The first kappa shape index (κ1) is 13.7. The highest BCUT2D eigenvalue weighted by Gasteiger charge is 2.25. The number of piperidine rings is 1. The zero-order valence-corrected chi connectivity index (χ0v) is 11.3. The molecule has 0 unspecified atom stereocenters. The molecule has 1 saturated heterocycles. The maximum absolute atomic E-state index is 12.4. The first-order valence-electron chi connectivity index (χ1n) is 6.34. The number of aromatic hydroxyl groups is 1. The van der Waals surface area contributed by atoms with E-state index in [-0.39, 0.29) is 23.3 Å². The number of hydrogen-bond acceptors (Lipinski definition) is 4. The largest absolute Gasteiger partial charge is 0.507 e. The lowest BCUT2D eigenvalue weighted by Gasteiger charge is -2.31. The standard InChI is InChI=1S/C14H19NO4/c1-18-10-5-7-15(8-6-10)14(17)12-9-11(19-2)3-4-13(12)16/h3-4,9-10,16H,5-8H2,1-2H3. The van der Waals surface area contributed by atoms with Crippen LogP contribution in [0.15, 0.2) is 18.2 Å². The number of nitrogens with zero attached hydrogens (tertiary/aromatic N) is 1. The molecule has 1 amide bonds. The monoisotopic (exact) mass is 265 g/mol. The van der Waals surface area contributed by atoms with Gasteiger partial charge in [0.25, 0.3) is 5.91 Å². The lowest BCUT2D eigenvalue weighted by Crippen LogP contribution is -2.40. The van der Waals surface area contributed by atoms with Crippen LogP contribution in [0.1, 0.15) is 23.2 Å². The first-order chi connectivity index (χ1) is 9.15. The van der Waals surface area contributed by atoms with Crippen molar-refractivity contribution in [1.29, 1.82) is 0 Å². The number of phenolic OH excluding ortho intramolecular Hbond substituents is 1. The second-order valence-corrected chi connectivity index (χ2v) is 4.61. The van der Waals surface area contributed by atoms with Crippen LogP contribution in [0.25, 0.3) is 0 Å². The highest BCUT2D eigenvalue weighted by Crippen LogP contribution is 2.25. The summed E-state index contributed by atoms with van der Waals surface area (Å²) in [6, 6.07) is 4.68. The Kier molecular flexibility index (Phi) is 4.27. The number of phenols is 1. The fraction of sp³-hybridized carbons (Fsp3) is 0.500. The summed E-state index contributed by atoms with van der Waals surface area (Å²) in [5.74, 6) is 0.388. The van der Waals surface area contributed by atoms with Crippen LogP contribution in [0.5, 0.6) is 11.5 Å². The number of hydrogen-bond donors (Lipinski definition) is 1. The van der Waals surface area contributed by atoms with E-state index in [9.17, 15) is 9.90 Å². The average molecular weight is 265 g/mol. The molecule has 1 aromatic carbocycles. The van der Waals surface area contributed by atoms with Gasteiger partial charge in [-0.25, -0.2) is 0 Å². The van der Waals surface area contributed by atoms with Crippen molar-refractivity contribution in [2.24, 2.45) is 0 Å².